The van der Waals surface area contributed by atoms with Crippen molar-refractivity contribution in [2.45, 2.75) is 26.2 Å². The molecular formula is C16H17F. The Labute approximate surface area is 102 Å². The number of hydrogen-bond acceptors (Lipinski definition) is 0. The molecule has 0 nitrogen and oxygen atoms in total. The van der Waals surface area contributed by atoms with Crippen molar-refractivity contribution in [3.8, 4) is 0 Å². The Morgan fingerprint density at radius 3 is 2.12 bits per heavy atom. The van der Waals surface area contributed by atoms with Gasteiger partial charge in [0.1, 0.15) is 5.82 Å². The molecule has 2 rings (SSSR count). The van der Waals surface area contributed by atoms with Crippen LogP contribution in [0, 0.1) is 12.7 Å². The van der Waals surface area contributed by atoms with Gasteiger partial charge in [0.2, 0.25) is 0 Å². The summed E-state index contributed by atoms with van der Waals surface area (Å²) in [6.07, 6.45) is 0.948. The highest BCUT2D eigenvalue weighted by molar-refractivity contribution is 5.26. The second-order valence-corrected chi connectivity index (χ2v) is 4.64. The van der Waals surface area contributed by atoms with Gasteiger partial charge >= 0.3 is 0 Å². The van der Waals surface area contributed by atoms with E-state index in [1.165, 1.54) is 28.8 Å². The first kappa shape index (κ1) is 11.8. The van der Waals surface area contributed by atoms with Crippen LogP contribution < -0.4 is 0 Å². The highest BCUT2D eigenvalue weighted by atomic mass is 19.1. The Morgan fingerprint density at radius 1 is 0.941 bits per heavy atom. The molecule has 2 aromatic rings. The maximum Gasteiger partial charge on any atom is 0.123 e. The van der Waals surface area contributed by atoms with Gasteiger partial charge in [-0.1, -0.05) is 48.9 Å². The summed E-state index contributed by atoms with van der Waals surface area (Å²) in [7, 11) is 0. The Morgan fingerprint density at radius 2 is 1.53 bits per heavy atom. The molecule has 1 heteroatoms. The Hall–Kier alpha value is -1.63. The summed E-state index contributed by atoms with van der Waals surface area (Å²) >= 11 is 0. The molecule has 0 saturated carbocycles. The quantitative estimate of drug-likeness (QED) is 0.726. The SMILES string of the molecule is Cc1ccc([C@H](C)Cc2ccc(F)cc2)cc1. The first-order valence-corrected chi connectivity index (χ1v) is 5.96. The van der Waals surface area contributed by atoms with Crippen LogP contribution >= 0.6 is 0 Å². The van der Waals surface area contributed by atoms with Crippen LogP contribution in [0.1, 0.15) is 29.5 Å². The fourth-order valence-electron chi connectivity index (χ4n) is 1.99. The van der Waals surface area contributed by atoms with Gasteiger partial charge in [-0.25, -0.2) is 4.39 Å². The molecule has 0 N–H and O–H groups in total. The Bertz CT molecular complexity index is 468. The molecule has 1 atom stereocenters. The van der Waals surface area contributed by atoms with Gasteiger partial charge in [-0.2, -0.15) is 0 Å². The molecular weight excluding hydrogens is 211 g/mol. The van der Waals surface area contributed by atoms with Gasteiger partial charge in [-0.05, 0) is 42.5 Å². The van der Waals surface area contributed by atoms with Gasteiger partial charge in [0.15, 0.2) is 0 Å². The van der Waals surface area contributed by atoms with Crippen molar-refractivity contribution in [3.63, 3.8) is 0 Å². The highest BCUT2D eigenvalue weighted by Crippen LogP contribution is 2.20. The van der Waals surface area contributed by atoms with Gasteiger partial charge in [-0.3, -0.25) is 0 Å². The van der Waals surface area contributed by atoms with Crippen molar-refractivity contribution >= 4 is 0 Å². The average Bonchev–Trinajstić information content (AvgIpc) is 2.33. The Balaban J connectivity index is 2.08. The topological polar surface area (TPSA) is 0 Å². The van der Waals surface area contributed by atoms with Crippen LogP contribution in [0.25, 0.3) is 0 Å². The molecule has 0 fully saturated rings. The summed E-state index contributed by atoms with van der Waals surface area (Å²) in [6.45, 7) is 4.29. The average molecular weight is 228 g/mol. The molecule has 0 bridgehead atoms. The number of hydrogen-bond donors (Lipinski definition) is 0. The molecule has 0 aliphatic carbocycles. The van der Waals surface area contributed by atoms with E-state index in [2.05, 4.69) is 38.1 Å². The van der Waals surface area contributed by atoms with Crippen LogP contribution in [0.4, 0.5) is 4.39 Å². The van der Waals surface area contributed by atoms with E-state index in [-0.39, 0.29) is 5.82 Å². The molecule has 0 radical (unpaired) electrons. The van der Waals surface area contributed by atoms with E-state index >= 15 is 0 Å². The van der Waals surface area contributed by atoms with E-state index in [9.17, 15) is 4.39 Å². The fraction of sp³-hybridized carbons (Fsp3) is 0.250. The standard InChI is InChI=1S/C16H17F/c1-12-3-7-15(8-4-12)13(2)11-14-5-9-16(17)10-6-14/h3-10,13H,11H2,1-2H3/t13-/m1/s1. The van der Waals surface area contributed by atoms with Gasteiger partial charge in [-0.15, -0.1) is 0 Å². The van der Waals surface area contributed by atoms with E-state index in [1.54, 1.807) is 0 Å². The molecule has 0 heterocycles. The molecule has 2 aromatic carbocycles. The van der Waals surface area contributed by atoms with E-state index in [0.29, 0.717) is 5.92 Å². The predicted octanol–water partition coefficient (Wildman–Crippen LogP) is 4.48. The third-order valence-corrected chi connectivity index (χ3v) is 3.10. The van der Waals surface area contributed by atoms with E-state index in [1.807, 2.05) is 12.1 Å². The maximum absolute atomic E-state index is 12.8. The minimum Gasteiger partial charge on any atom is -0.207 e. The van der Waals surface area contributed by atoms with Crippen molar-refractivity contribution in [1.82, 2.24) is 0 Å². The molecule has 0 aromatic heterocycles. The molecule has 0 aliphatic heterocycles. The molecule has 0 saturated heterocycles. The lowest BCUT2D eigenvalue weighted by Gasteiger charge is -2.12. The molecule has 0 unspecified atom stereocenters. The lowest BCUT2D eigenvalue weighted by molar-refractivity contribution is 0.626. The molecule has 0 spiro atoms. The second kappa shape index (κ2) is 5.13. The van der Waals surface area contributed by atoms with Crippen LogP contribution in [0.2, 0.25) is 0 Å². The summed E-state index contributed by atoms with van der Waals surface area (Å²) in [5, 5.41) is 0. The summed E-state index contributed by atoms with van der Waals surface area (Å²) < 4.78 is 12.8. The van der Waals surface area contributed by atoms with Crippen molar-refractivity contribution < 1.29 is 4.39 Å². The Kier molecular flexibility index (Phi) is 3.58. The van der Waals surface area contributed by atoms with Gasteiger partial charge in [0, 0.05) is 0 Å². The number of aryl methyl sites for hydroxylation is 1. The van der Waals surface area contributed by atoms with Crippen LogP contribution in [0.5, 0.6) is 0 Å². The molecule has 17 heavy (non-hydrogen) atoms. The minimum atomic E-state index is -0.170. The lowest BCUT2D eigenvalue weighted by atomic mass is 9.93. The summed E-state index contributed by atoms with van der Waals surface area (Å²) in [4.78, 5) is 0. The van der Waals surface area contributed by atoms with Crippen LogP contribution in [-0.2, 0) is 6.42 Å². The van der Waals surface area contributed by atoms with Crippen LogP contribution in [0.15, 0.2) is 48.5 Å². The lowest BCUT2D eigenvalue weighted by Crippen LogP contribution is -1.98. The summed E-state index contributed by atoms with van der Waals surface area (Å²) in [5.41, 5.74) is 3.79. The van der Waals surface area contributed by atoms with E-state index in [4.69, 9.17) is 0 Å². The smallest absolute Gasteiger partial charge is 0.123 e. The van der Waals surface area contributed by atoms with Crippen molar-refractivity contribution in [2.75, 3.05) is 0 Å². The third-order valence-electron chi connectivity index (χ3n) is 3.10. The predicted molar refractivity (Wildman–Crippen MR) is 69.7 cm³/mol. The van der Waals surface area contributed by atoms with E-state index in [0.717, 1.165) is 6.42 Å². The highest BCUT2D eigenvalue weighted by Gasteiger charge is 2.06. The normalized spacial score (nSPS) is 12.4. The third kappa shape index (κ3) is 3.16. The number of benzene rings is 2. The van der Waals surface area contributed by atoms with Crippen molar-refractivity contribution in [2.24, 2.45) is 0 Å². The van der Waals surface area contributed by atoms with Gasteiger partial charge in [0.05, 0.1) is 0 Å². The van der Waals surface area contributed by atoms with Crippen LogP contribution in [0.3, 0.4) is 0 Å². The van der Waals surface area contributed by atoms with Crippen LogP contribution in [-0.4, -0.2) is 0 Å². The fourth-order valence-corrected chi connectivity index (χ4v) is 1.99. The molecule has 88 valence electrons. The zero-order valence-electron chi connectivity index (χ0n) is 10.3. The minimum absolute atomic E-state index is 0.170. The second-order valence-electron chi connectivity index (χ2n) is 4.64. The van der Waals surface area contributed by atoms with Gasteiger partial charge < -0.3 is 0 Å². The summed E-state index contributed by atoms with van der Waals surface area (Å²) in [6, 6.07) is 15.4. The number of rotatable bonds is 3. The zero-order valence-corrected chi connectivity index (χ0v) is 10.3. The van der Waals surface area contributed by atoms with Crippen molar-refractivity contribution in [3.05, 3.63) is 71.0 Å². The first-order valence-electron chi connectivity index (χ1n) is 5.96. The maximum atomic E-state index is 12.8. The first-order chi connectivity index (χ1) is 8.15. The largest absolute Gasteiger partial charge is 0.207 e. The molecule has 0 amide bonds. The van der Waals surface area contributed by atoms with Crippen molar-refractivity contribution in [1.29, 1.82) is 0 Å². The monoisotopic (exact) mass is 228 g/mol. The van der Waals surface area contributed by atoms with E-state index < -0.39 is 0 Å². The van der Waals surface area contributed by atoms with Gasteiger partial charge in [0.25, 0.3) is 0 Å². The zero-order chi connectivity index (χ0) is 12.3. The molecule has 0 aliphatic rings. The number of halogens is 1. The summed E-state index contributed by atoms with van der Waals surface area (Å²) in [5.74, 6) is 0.290.